The van der Waals surface area contributed by atoms with E-state index in [4.69, 9.17) is 9.73 Å². The molecule has 1 aromatic heterocycles. The van der Waals surface area contributed by atoms with Crippen molar-refractivity contribution in [2.75, 3.05) is 12.4 Å². The first kappa shape index (κ1) is 26.6. The first-order valence-corrected chi connectivity index (χ1v) is 14.2. The number of nitrogens with zero attached hydrogens (tertiary/aromatic N) is 3. The molecule has 0 aliphatic carbocycles. The summed E-state index contributed by atoms with van der Waals surface area (Å²) in [7, 11) is 1.57. The van der Waals surface area contributed by atoms with Crippen molar-refractivity contribution < 1.29 is 19.1 Å². The maximum absolute atomic E-state index is 13.6. The van der Waals surface area contributed by atoms with Gasteiger partial charge in [0, 0.05) is 22.2 Å². The molecule has 11 heteroatoms. The summed E-state index contributed by atoms with van der Waals surface area (Å²) in [5, 5.41) is 7.58. The summed E-state index contributed by atoms with van der Waals surface area (Å²) in [5.41, 5.74) is 1.99. The van der Waals surface area contributed by atoms with Crippen molar-refractivity contribution in [3.05, 3.63) is 76.5 Å². The van der Waals surface area contributed by atoms with E-state index in [1.165, 1.54) is 16.7 Å². The van der Waals surface area contributed by atoms with Crippen molar-refractivity contribution in [3.63, 3.8) is 0 Å². The normalized spacial score (nSPS) is 16.5. The Hall–Kier alpha value is -3.96. The number of ether oxygens (including phenoxy) is 1. The van der Waals surface area contributed by atoms with Crippen molar-refractivity contribution in [2.24, 2.45) is 9.98 Å². The van der Waals surface area contributed by atoms with Gasteiger partial charge in [-0.25, -0.2) is 9.89 Å². The van der Waals surface area contributed by atoms with E-state index in [-0.39, 0.29) is 24.1 Å². The van der Waals surface area contributed by atoms with E-state index in [1.54, 1.807) is 42.7 Å². The standard InChI is InChI=1S/C28H27N5O4S2/c1-3-23(26(35)30-17-8-6-9-18(14-17)37-2)39-28-32-21-12-5-4-11-20(21)25-31-22(27(36)33(25)28)15-24(34)29-16-19-10-7-13-38-19/h4-14,22-23H,3,15-16H2,1-2H3,(H,29,34)(H,30,35). The average Bonchev–Trinajstić information content (AvgIpc) is 3.59. The SMILES string of the molecule is CCC(SC1=Nc2ccccc2C2=NC(CC(=O)NCc3cccs3)C(=O)N12)C(=O)Nc1cccc(OC)c1. The van der Waals surface area contributed by atoms with Crippen molar-refractivity contribution in [1.82, 2.24) is 10.2 Å². The number of fused-ring (bicyclic) bond motifs is 3. The first-order chi connectivity index (χ1) is 19.0. The van der Waals surface area contributed by atoms with Crippen LogP contribution >= 0.6 is 23.1 Å². The second-order valence-electron chi connectivity index (χ2n) is 8.85. The van der Waals surface area contributed by atoms with Crippen LogP contribution in [0.1, 0.15) is 30.2 Å². The molecule has 0 fully saturated rings. The fourth-order valence-corrected chi connectivity index (χ4v) is 5.90. The Balaban J connectivity index is 1.34. The lowest BCUT2D eigenvalue weighted by Crippen LogP contribution is -2.43. The molecule has 0 bridgehead atoms. The summed E-state index contributed by atoms with van der Waals surface area (Å²) in [6.07, 6.45) is 0.433. The first-order valence-electron chi connectivity index (χ1n) is 12.5. The number of nitrogens with one attached hydrogen (secondary N) is 2. The third-order valence-electron chi connectivity index (χ3n) is 6.21. The van der Waals surface area contributed by atoms with Crippen LogP contribution in [0.25, 0.3) is 0 Å². The number of thioether (sulfide) groups is 1. The zero-order valence-corrected chi connectivity index (χ0v) is 23.1. The number of amidine groups is 2. The van der Waals surface area contributed by atoms with Crippen LogP contribution in [-0.2, 0) is 20.9 Å². The molecule has 3 amide bonds. The molecule has 0 saturated carbocycles. The Morgan fingerprint density at radius 3 is 2.77 bits per heavy atom. The molecule has 39 heavy (non-hydrogen) atoms. The minimum Gasteiger partial charge on any atom is -0.497 e. The van der Waals surface area contributed by atoms with E-state index in [1.807, 2.05) is 48.7 Å². The maximum Gasteiger partial charge on any atom is 0.259 e. The Labute approximate surface area is 234 Å². The number of para-hydroxylation sites is 1. The Morgan fingerprint density at radius 2 is 2.00 bits per heavy atom. The molecule has 2 unspecified atom stereocenters. The van der Waals surface area contributed by atoms with E-state index in [0.717, 1.165) is 4.88 Å². The minimum atomic E-state index is -0.869. The summed E-state index contributed by atoms with van der Waals surface area (Å²) >= 11 is 2.76. The predicted octanol–water partition coefficient (Wildman–Crippen LogP) is 4.57. The highest BCUT2D eigenvalue weighted by atomic mass is 32.2. The second kappa shape index (κ2) is 11.8. The number of anilines is 1. The number of rotatable bonds is 9. The molecule has 9 nitrogen and oxygen atoms in total. The number of hydrogen-bond acceptors (Lipinski definition) is 8. The van der Waals surface area contributed by atoms with Gasteiger partial charge in [-0.1, -0.05) is 43.0 Å². The van der Waals surface area contributed by atoms with E-state index < -0.39 is 11.3 Å². The molecule has 0 radical (unpaired) electrons. The van der Waals surface area contributed by atoms with Gasteiger partial charge in [0.05, 0.1) is 31.0 Å². The van der Waals surface area contributed by atoms with Gasteiger partial charge in [0.2, 0.25) is 11.8 Å². The lowest BCUT2D eigenvalue weighted by atomic mass is 10.1. The molecule has 0 spiro atoms. The number of carbonyl (C=O) groups excluding carboxylic acids is 3. The molecule has 3 heterocycles. The molecule has 200 valence electrons. The predicted molar refractivity (Wildman–Crippen MR) is 155 cm³/mol. The highest BCUT2D eigenvalue weighted by Gasteiger charge is 2.43. The molecule has 2 N–H and O–H groups in total. The summed E-state index contributed by atoms with van der Waals surface area (Å²) in [6, 6.07) is 17.5. The van der Waals surface area contributed by atoms with Gasteiger partial charge < -0.3 is 15.4 Å². The highest BCUT2D eigenvalue weighted by molar-refractivity contribution is 8.15. The van der Waals surface area contributed by atoms with Crippen molar-refractivity contribution >= 4 is 63.2 Å². The van der Waals surface area contributed by atoms with Crippen LogP contribution in [0.2, 0.25) is 0 Å². The van der Waals surface area contributed by atoms with Crippen LogP contribution in [0, 0.1) is 0 Å². The third kappa shape index (κ3) is 5.89. The van der Waals surface area contributed by atoms with Crippen LogP contribution in [0.4, 0.5) is 11.4 Å². The Kier molecular flexibility index (Phi) is 8.08. The molecular weight excluding hydrogens is 534 g/mol. The molecule has 2 aromatic carbocycles. The van der Waals surface area contributed by atoms with E-state index >= 15 is 0 Å². The fraction of sp³-hybridized carbons (Fsp3) is 0.250. The van der Waals surface area contributed by atoms with Crippen LogP contribution in [0.5, 0.6) is 5.75 Å². The molecule has 2 aliphatic rings. The summed E-state index contributed by atoms with van der Waals surface area (Å²) in [5.74, 6) is 0.282. The molecule has 2 aliphatic heterocycles. The van der Waals surface area contributed by atoms with Gasteiger partial charge in [0.25, 0.3) is 5.91 Å². The van der Waals surface area contributed by atoms with Gasteiger partial charge in [-0.05, 0) is 42.1 Å². The van der Waals surface area contributed by atoms with Gasteiger partial charge in [-0.3, -0.25) is 19.4 Å². The summed E-state index contributed by atoms with van der Waals surface area (Å²) in [6.45, 7) is 2.31. The third-order valence-corrected chi connectivity index (χ3v) is 8.41. The summed E-state index contributed by atoms with van der Waals surface area (Å²) < 4.78 is 5.25. The van der Waals surface area contributed by atoms with Gasteiger partial charge in [0.15, 0.2) is 5.17 Å². The molecule has 3 aromatic rings. The lowest BCUT2D eigenvalue weighted by Gasteiger charge is -2.27. The van der Waals surface area contributed by atoms with Crippen LogP contribution in [0.15, 0.2) is 76.0 Å². The van der Waals surface area contributed by atoms with Crippen molar-refractivity contribution in [2.45, 2.75) is 37.6 Å². The number of carbonyl (C=O) groups is 3. The molecular formula is C28H27N5O4S2. The number of methoxy groups -OCH3 is 1. The molecule has 2 atom stereocenters. The van der Waals surface area contributed by atoms with E-state index in [9.17, 15) is 14.4 Å². The Morgan fingerprint density at radius 1 is 1.15 bits per heavy atom. The monoisotopic (exact) mass is 561 g/mol. The topological polar surface area (TPSA) is 112 Å². The lowest BCUT2D eigenvalue weighted by molar-refractivity contribution is -0.128. The van der Waals surface area contributed by atoms with Crippen LogP contribution < -0.4 is 15.4 Å². The number of benzene rings is 2. The number of aliphatic imine (C=N–C) groups is 2. The maximum atomic E-state index is 13.6. The number of thiophene rings is 1. The number of hydrogen-bond donors (Lipinski definition) is 2. The van der Waals surface area contributed by atoms with Crippen LogP contribution in [-0.4, -0.2) is 52.0 Å². The van der Waals surface area contributed by atoms with Gasteiger partial charge in [-0.15, -0.1) is 11.3 Å². The zero-order valence-electron chi connectivity index (χ0n) is 21.4. The second-order valence-corrected chi connectivity index (χ2v) is 11.1. The number of amides is 3. The van der Waals surface area contributed by atoms with Gasteiger partial charge in [-0.2, -0.15) is 0 Å². The fourth-order valence-electron chi connectivity index (χ4n) is 4.23. The van der Waals surface area contributed by atoms with Crippen molar-refractivity contribution in [3.8, 4) is 5.75 Å². The highest BCUT2D eigenvalue weighted by Crippen LogP contribution is 2.36. The zero-order chi connectivity index (χ0) is 27.4. The summed E-state index contributed by atoms with van der Waals surface area (Å²) in [4.78, 5) is 51.3. The van der Waals surface area contributed by atoms with E-state index in [0.29, 0.717) is 46.7 Å². The Bertz CT molecular complexity index is 1450. The average molecular weight is 562 g/mol. The molecule has 5 rings (SSSR count). The van der Waals surface area contributed by atoms with Crippen LogP contribution in [0.3, 0.4) is 0 Å². The molecule has 0 saturated heterocycles. The largest absolute Gasteiger partial charge is 0.497 e. The van der Waals surface area contributed by atoms with E-state index in [2.05, 4.69) is 15.6 Å². The van der Waals surface area contributed by atoms with Gasteiger partial charge in [0.1, 0.15) is 17.6 Å². The van der Waals surface area contributed by atoms with Gasteiger partial charge >= 0.3 is 0 Å². The smallest absolute Gasteiger partial charge is 0.259 e. The van der Waals surface area contributed by atoms with Crippen molar-refractivity contribution in [1.29, 1.82) is 0 Å². The minimum absolute atomic E-state index is 0.0716. The quantitative estimate of drug-likeness (QED) is 0.397.